The van der Waals surface area contributed by atoms with E-state index in [9.17, 15) is 19.0 Å². The number of phosphoric acid groups is 1. The molecule has 0 rings (SSSR count). The highest BCUT2D eigenvalue weighted by Crippen LogP contribution is 2.43. The Labute approximate surface area is 419 Å². The molecule has 0 aliphatic carbocycles. The minimum Gasteiger partial charge on any atom is -0.462 e. The Bertz CT molecular complexity index is 1300. The SMILES string of the molecule is CC/C=C\C/C=C\C/C=C\C/C=C\C/C=C\CCCCCC(=O)OC(COC(=O)CCCCCCCCCCCCCCCCCCCCCCCCCCCCCC)COP(=O)(O)OCCN. The van der Waals surface area contributed by atoms with E-state index in [0.717, 1.165) is 70.6 Å². The second kappa shape index (κ2) is 54.1. The average Bonchev–Trinajstić information content (AvgIpc) is 3.33. The van der Waals surface area contributed by atoms with Crippen LogP contribution in [-0.2, 0) is 32.7 Å². The van der Waals surface area contributed by atoms with Gasteiger partial charge in [-0.2, -0.15) is 0 Å². The summed E-state index contributed by atoms with van der Waals surface area (Å²) in [7, 11) is -4.40. The zero-order valence-corrected chi connectivity index (χ0v) is 45.0. The van der Waals surface area contributed by atoms with Gasteiger partial charge < -0.3 is 20.1 Å². The molecule has 0 aliphatic heterocycles. The molecule has 3 N–H and O–H groups in total. The predicted octanol–water partition coefficient (Wildman–Crippen LogP) is 17.6. The molecule has 0 heterocycles. The second-order valence-corrected chi connectivity index (χ2v) is 20.2. The summed E-state index contributed by atoms with van der Waals surface area (Å²) in [6, 6.07) is 0. The fourth-order valence-corrected chi connectivity index (χ4v) is 8.78. The molecule has 2 unspecified atom stereocenters. The van der Waals surface area contributed by atoms with Crippen LogP contribution in [0.1, 0.15) is 264 Å². The van der Waals surface area contributed by atoms with Crippen molar-refractivity contribution in [2.24, 2.45) is 5.73 Å². The molecule has 0 aromatic heterocycles. The van der Waals surface area contributed by atoms with Gasteiger partial charge in [0.05, 0.1) is 13.2 Å². The lowest BCUT2D eigenvalue weighted by atomic mass is 10.0. The zero-order valence-electron chi connectivity index (χ0n) is 44.1. The van der Waals surface area contributed by atoms with Crippen LogP contribution in [0.25, 0.3) is 0 Å². The van der Waals surface area contributed by atoms with Crippen molar-refractivity contribution in [3.05, 3.63) is 60.8 Å². The van der Waals surface area contributed by atoms with E-state index in [-0.39, 0.29) is 38.6 Å². The van der Waals surface area contributed by atoms with Gasteiger partial charge in [-0.05, 0) is 57.8 Å². The predicted molar refractivity (Wildman–Crippen MR) is 289 cm³/mol. The van der Waals surface area contributed by atoms with E-state index in [1.165, 1.54) is 161 Å². The standard InChI is InChI=1S/C58H106NO8P/c1-3-5-7-9-11-13-15-17-19-21-23-24-25-26-27-28-29-30-31-33-34-36-38-40-42-44-46-48-50-57(60)64-54-56(55-66-68(62,63)65-53-52-59)67-58(61)51-49-47-45-43-41-39-37-35-32-22-20-18-16-14-12-10-8-6-4-2/h6,8,12,14,18,20,32,35,39,41,56H,3-5,7,9-11,13,15-17,19,21-31,33-34,36-38,40,42-55,59H2,1-2H3,(H,62,63)/b8-6-,14-12-,20-18-,35-32-,41-39-. The summed E-state index contributed by atoms with van der Waals surface area (Å²) in [5.41, 5.74) is 5.37. The van der Waals surface area contributed by atoms with E-state index >= 15 is 0 Å². The summed E-state index contributed by atoms with van der Waals surface area (Å²) in [4.78, 5) is 35.1. The van der Waals surface area contributed by atoms with Crippen molar-refractivity contribution in [1.82, 2.24) is 0 Å². The summed E-state index contributed by atoms with van der Waals surface area (Å²) < 4.78 is 33.0. The first-order valence-electron chi connectivity index (χ1n) is 28.3. The van der Waals surface area contributed by atoms with Gasteiger partial charge >= 0.3 is 19.8 Å². The summed E-state index contributed by atoms with van der Waals surface area (Å²) in [5.74, 6) is -0.858. The van der Waals surface area contributed by atoms with Crippen molar-refractivity contribution in [2.75, 3.05) is 26.4 Å². The molecular formula is C58H106NO8P. The quantitative estimate of drug-likeness (QED) is 0.0264. The summed E-state index contributed by atoms with van der Waals surface area (Å²) >= 11 is 0. The fraction of sp³-hybridized carbons (Fsp3) is 0.793. The number of rotatable bonds is 53. The van der Waals surface area contributed by atoms with Crippen LogP contribution < -0.4 is 5.73 Å². The molecule has 0 aromatic carbocycles. The van der Waals surface area contributed by atoms with Crippen molar-refractivity contribution in [3.8, 4) is 0 Å². The number of allylic oxidation sites excluding steroid dienone is 10. The lowest BCUT2D eigenvalue weighted by molar-refractivity contribution is -0.161. The third kappa shape index (κ3) is 53.1. The number of ether oxygens (including phenoxy) is 2. The van der Waals surface area contributed by atoms with Crippen molar-refractivity contribution < 1.29 is 37.6 Å². The minimum absolute atomic E-state index is 0.0463. The van der Waals surface area contributed by atoms with Gasteiger partial charge in [0.2, 0.25) is 0 Å². The first-order chi connectivity index (χ1) is 33.3. The Kier molecular flexibility index (Phi) is 52.2. The molecule has 2 atom stereocenters. The smallest absolute Gasteiger partial charge is 0.462 e. The lowest BCUT2D eigenvalue weighted by Crippen LogP contribution is -2.29. The van der Waals surface area contributed by atoms with E-state index in [2.05, 4.69) is 74.6 Å². The second-order valence-electron chi connectivity index (χ2n) is 18.8. The van der Waals surface area contributed by atoms with E-state index < -0.39 is 26.5 Å². The summed E-state index contributed by atoms with van der Waals surface area (Å²) in [5, 5.41) is 0. The highest BCUT2D eigenvalue weighted by atomic mass is 31.2. The van der Waals surface area contributed by atoms with Crippen molar-refractivity contribution >= 4 is 19.8 Å². The lowest BCUT2D eigenvalue weighted by Gasteiger charge is -2.19. The van der Waals surface area contributed by atoms with Gasteiger partial charge in [0.1, 0.15) is 6.61 Å². The van der Waals surface area contributed by atoms with Crippen LogP contribution in [0.4, 0.5) is 0 Å². The zero-order chi connectivity index (χ0) is 49.5. The molecule has 396 valence electrons. The Morgan fingerprint density at radius 2 is 0.809 bits per heavy atom. The van der Waals surface area contributed by atoms with Crippen LogP contribution in [-0.4, -0.2) is 49.3 Å². The van der Waals surface area contributed by atoms with Crippen LogP contribution in [0, 0.1) is 0 Å². The molecule has 0 aliphatic rings. The number of hydrogen-bond acceptors (Lipinski definition) is 8. The number of phosphoric ester groups is 1. The van der Waals surface area contributed by atoms with E-state index in [1.807, 2.05) is 0 Å². The number of carbonyl (C=O) groups excluding carboxylic acids is 2. The Morgan fingerprint density at radius 1 is 0.456 bits per heavy atom. The third-order valence-corrected chi connectivity index (χ3v) is 13.2. The van der Waals surface area contributed by atoms with Crippen LogP contribution in [0.15, 0.2) is 60.8 Å². The van der Waals surface area contributed by atoms with Gasteiger partial charge in [-0.1, -0.05) is 254 Å². The number of hydrogen-bond donors (Lipinski definition) is 2. The topological polar surface area (TPSA) is 134 Å². The Balaban J connectivity index is 3.96. The van der Waals surface area contributed by atoms with Gasteiger partial charge in [-0.25, -0.2) is 4.57 Å². The van der Waals surface area contributed by atoms with Gasteiger partial charge in [0, 0.05) is 19.4 Å². The van der Waals surface area contributed by atoms with Gasteiger partial charge in [-0.3, -0.25) is 18.6 Å². The van der Waals surface area contributed by atoms with Crippen LogP contribution in [0.2, 0.25) is 0 Å². The maximum Gasteiger partial charge on any atom is 0.472 e. The minimum atomic E-state index is -4.40. The Morgan fingerprint density at radius 3 is 1.21 bits per heavy atom. The van der Waals surface area contributed by atoms with Crippen LogP contribution >= 0.6 is 7.82 Å². The molecule has 0 saturated heterocycles. The average molecular weight is 976 g/mol. The molecule has 10 heteroatoms. The highest BCUT2D eigenvalue weighted by Gasteiger charge is 2.26. The fourth-order valence-electron chi connectivity index (χ4n) is 8.02. The van der Waals surface area contributed by atoms with E-state index in [4.69, 9.17) is 24.3 Å². The van der Waals surface area contributed by atoms with Gasteiger partial charge in [-0.15, -0.1) is 0 Å². The molecule has 0 spiro atoms. The maximum absolute atomic E-state index is 12.7. The normalized spacial score (nSPS) is 13.5. The number of unbranched alkanes of at least 4 members (excludes halogenated alkanes) is 30. The molecule has 0 aromatic rings. The van der Waals surface area contributed by atoms with E-state index in [0.29, 0.717) is 6.42 Å². The first-order valence-corrected chi connectivity index (χ1v) is 29.8. The molecule has 0 radical (unpaired) electrons. The molecule has 0 saturated carbocycles. The number of nitrogens with two attached hydrogens (primary N) is 1. The van der Waals surface area contributed by atoms with Crippen molar-refractivity contribution in [2.45, 2.75) is 270 Å². The van der Waals surface area contributed by atoms with Crippen LogP contribution in [0.3, 0.4) is 0 Å². The summed E-state index contributed by atoms with van der Waals surface area (Å²) in [6.07, 6.45) is 67.2. The largest absolute Gasteiger partial charge is 0.472 e. The van der Waals surface area contributed by atoms with E-state index in [1.54, 1.807) is 0 Å². The number of esters is 2. The summed E-state index contributed by atoms with van der Waals surface area (Å²) in [6.45, 7) is 3.62. The maximum atomic E-state index is 12.7. The van der Waals surface area contributed by atoms with Crippen LogP contribution in [0.5, 0.6) is 0 Å². The van der Waals surface area contributed by atoms with Crippen molar-refractivity contribution in [3.63, 3.8) is 0 Å². The number of carbonyl (C=O) groups is 2. The van der Waals surface area contributed by atoms with Gasteiger partial charge in [0.25, 0.3) is 0 Å². The van der Waals surface area contributed by atoms with Gasteiger partial charge in [0.15, 0.2) is 6.10 Å². The monoisotopic (exact) mass is 976 g/mol. The third-order valence-electron chi connectivity index (χ3n) is 12.2. The molecule has 0 bridgehead atoms. The first kappa shape index (κ1) is 65.7. The molecule has 0 fully saturated rings. The Hall–Kier alpha value is -2.29. The highest BCUT2D eigenvalue weighted by molar-refractivity contribution is 7.47. The molecular weight excluding hydrogens is 870 g/mol. The molecule has 9 nitrogen and oxygen atoms in total. The molecule has 0 amide bonds. The van der Waals surface area contributed by atoms with Crippen molar-refractivity contribution in [1.29, 1.82) is 0 Å². The molecule has 68 heavy (non-hydrogen) atoms.